The Labute approximate surface area is 150 Å². The van der Waals surface area contributed by atoms with Crippen molar-refractivity contribution in [1.82, 2.24) is 0 Å². The highest BCUT2D eigenvalue weighted by atomic mass is 16.3. The van der Waals surface area contributed by atoms with Crippen molar-refractivity contribution in [2.75, 3.05) is 0 Å². The second-order valence-corrected chi connectivity index (χ2v) is 9.43. The summed E-state index contributed by atoms with van der Waals surface area (Å²) in [6.07, 6.45) is 10.2. The van der Waals surface area contributed by atoms with E-state index in [4.69, 9.17) is 6.42 Å². The Kier molecular flexibility index (Phi) is 3.74. The summed E-state index contributed by atoms with van der Waals surface area (Å²) in [5.74, 6) is 2.86. The molecule has 0 radical (unpaired) electrons. The van der Waals surface area contributed by atoms with E-state index < -0.39 is 23.2 Å². The summed E-state index contributed by atoms with van der Waals surface area (Å²) < 4.78 is 0. The lowest BCUT2D eigenvalue weighted by Crippen LogP contribution is -2.60. The minimum Gasteiger partial charge on any atom is -0.393 e. The highest BCUT2D eigenvalue weighted by Crippen LogP contribution is 2.66. The summed E-state index contributed by atoms with van der Waals surface area (Å²) in [6.45, 7) is 4.17. The zero-order valence-electron chi connectivity index (χ0n) is 15.2. The highest BCUT2D eigenvalue weighted by Gasteiger charge is 2.68. The van der Waals surface area contributed by atoms with Gasteiger partial charge in [-0.3, -0.25) is 0 Å². The maximum Gasteiger partial charge on any atom is 0.156 e. The van der Waals surface area contributed by atoms with E-state index in [1.807, 2.05) is 6.92 Å². The van der Waals surface area contributed by atoms with Crippen LogP contribution in [0.1, 0.15) is 52.4 Å². The fraction of sp³-hybridized carbons (Fsp3) is 0.810. The minimum absolute atomic E-state index is 0.0958. The molecule has 138 valence electrons. The number of rotatable bonds is 0. The van der Waals surface area contributed by atoms with Gasteiger partial charge in [0.1, 0.15) is 0 Å². The number of allylic oxidation sites excluding steroid dienone is 1. The van der Waals surface area contributed by atoms with Gasteiger partial charge in [-0.1, -0.05) is 31.4 Å². The first-order valence-corrected chi connectivity index (χ1v) is 9.61. The molecule has 0 saturated heterocycles. The number of aliphatic hydroxyl groups excluding tert-OH is 3. The van der Waals surface area contributed by atoms with Crippen molar-refractivity contribution in [2.24, 2.45) is 28.6 Å². The van der Waals surface area contributed by atoms with Gasteiger partial charge in [0.25, 0.3) is 0 Å². The van der Waals surface area contributed by atoms with Gasteiger partial charge in [-0.15, -0.1) is 6.42 Å². The molecule has 0 aromatic heterocycles. The average molecular weight is 346 g/mol. The van der Waals surface area contributed by atoms with Crippen LogP contribution in [-0.4, -0.2) is 44.3 Å². The molecule has 0 unspecified atom stereocenters. The Morgan fingerprint density at radius 3 is 2.64 bits per heavy atom. The van der Waals surface area contributed by atoms with Gasteiger partial charge in [0, 0.05) is 5.41 Å². The van der Waals surface area contributed by atoms with Crippen molar-refractivity contribution in [2.45, 2.75) is 76.3 Å². The van der Waals surface area contributed by atoms with Crippen molar-refractivity contribution in [1.29, 1.82) is 0 Å². The third-order valence-electron chi connectivity index (χ3n) is 8.45. The van der Waals surface area contributed by atoms with Crippen LogP contribution < -0.4 is 0 Å². The predicted octanol–water partition coefficient (Wildman–Crippen LogP) is 1.62. The van der Waals surface area contributed by atoms with E-state index in [1.54, 1.807) is 0 Å². The molecule has 4 aliphatic rings. The Hall–Kier alpha value is -0.860. The average Bonchev–Trinajstić information content (AvgIpc) is 2.76. The first-order valence-electron chi connectivity index (χ1n) is 9.61. The van der Waals surface area contributed by atoms with Crippen molar-refractivity contribution in [3.8, 4) is 12.3 Å². The molecule has 25 heavy (non-hydrogen) atoms. The second kappa shape index (κ2) is 5.33. The van der Waals surface area contributed by atoms with Crippen molar-refractivity contribution in [3.05, 3.63) is 11.6 Å². The molecule has 0 aliphatic heterocycles. The van der Waals surface area contributed by atoms with Crippen LogP contribution in [0.25, 0.3) is 0 Å². The summed E-state index contributed by atoms with van der Waals surface area (Å²) in [5, 5.41) is 42.8. The molecule has 4 rings (SSSR count). The number of hydrogen-bond donors (Lipinski definition) is 4. The minimum atomic E-state index is -1.57. The van der Waals surface area contributed by atoms with Gasteiger partial charge in [0.15, 0.2) is 5.60 Å². The molecule has 0 spiro atoms. The highest BCUT2D eigenvalue weighted by molar-refractivity contribution is 5.31. The van der Waals surface area contributed by atoms with Crippen molar-refractivity contribution < 1.29 is 20.4 Å². The number of terminal acetylenes is 1. The van der Waals surface area contributed by atoms with Gasteiger partial charge < -0.3 is 20.4 Å². The lowest BCUT2D eigenvalue weighted by molar-refractivity contribution is -0.160. The molecule has 4 aliphatic carbocycles. The standard InChI is InChI=1S/C21H30O4/c1-4-21(25)17(24)10-15-14-6-5-12-9-13(22)7-8-19(12,2)18(14)16(23)11-20(15,21)3/h1,5,13-18,22-25H,6-11H2,2-3H3/t13-,14-,15-,16-,17-,18+,19-,20-,21-/m0/s1. The van der Waals surface area contributed by atoms with Gasteiger partial charge in [-0.25, -0.2) is 0 Å². The molecule has 9 atom stereocenters. The summed E-state index contributed by atoms with van der Waals surface area (Å²) in [7, 11) is 0. The summed E-state index contributed by atoms with van der Waals surface area (Å²) >= 11 is 0. The van der Waals surface area contributed by atoms with Gasteiger partial charge >= 0.3 is 0 Å². The number of aliphatic hydroxyl groups is 4. The predicted molar refractivity (Wildman–Crippen MR) is 94.3 cm³/mol. The third kappa shape index (κ3) is 2.04. The molecule has 4 heteroatoms. The summed E-state index contributed by atoms with van der Waals surface area (Å²) in [5.41, 5.74) is -1.07. The van der Waals surface area contributed by atoms with Crippen LogP contribution in [-0.2, 0) is 0 Å². The molecule has 4 nitrogen and oxygen atoms in total. The van der Waals surface area contributed by atoms with E-state index in [1.165, 1.54) is 5.57 Å². The van der Waals surface area contributed by atoms with E-state index in [0.29, 0.717) is 19.3 Å². The normalized spacial score (nSPS) is 57.7. The molecule has 0 aromatic carbocycles. The summed E-state index contributed by atoms with van der Waals surface area (Å²) in [6, 6.07) is 0. The smallest absolute Gasteiger partial charge is 0.156 e. The van der Waals surface area contributed by atoms with Crippen LogP contribution in [0.2, 0.25) is 0 Å². The maximum atomic E-state index is 11.1. The molecular formula is C21H30O4. The van der Waals surface area contributed by atoms with Crippen LogP contribution in [0.5, 0.6) is 0 Å². The molecule has 0 amide bonds. The third-order valence-corrected chi connectivity index (χ3v) is 8.45. The van der Waals surface area contributed by atoms with Gasteiger partial charge in [0.2, 0.25) is 0 Å². The van der Waals surface area contributed by atoms with Crippen LogP contribution in [0.4, 0.5) is 0 Å². The maximum absolute atomic E-state index is 11.1. The molecule has 3 fully saturated rings. The van der Waals surface area contributed by atoms with Gasteiger partial charge in [0.05, 0.1) is 18.3 Å². The molecular weight excluding hydrogens is 316 g/mol. The topological polar surface area (TPSA) is 80.9 Å². The quantitative estimate of drug-likeness (QED) is 0.397. The van der Waals surface area contributed by atoms with E-state index in [-0.39, 0.29) is 29.3 Å². The second-order valence-electron chi connectivity index (χ2n) is 9.43. The SMILES string of the molecule is C#C[C@]1(O)[C@@H](O)C[C@H]2[C@@H]3CC=C4C[C@@H](O)CC[C@]4(C)[C@H]3[C@@H](O)C[C@@]21C. The van der Waals surface area contributed by atoms with E-state index in [0.717, 1.165) is 19.3 Å². The van der Waals surface area contributed by atoms with Crippen molar-refractivity contribution in [3.63, 3.8) is 0 Å². The van der Waals surface area contributed by atoms with E-state index in [9.17, 15) is 20.4 Å². The molecule has 0 aromatic rings. The Morgan fingerprint density at radius 2 is 1.96 bits per heavy atom. The Morgan fingerprint density at radius 1 is 1.24 bits per heavy atom. The van der Waals surface area contributed by atoms with Crippen molar-refractivity contribution >= 4 is 0 Å². The van der Waals surface area contributed by atoms with Crippen LogP contribution >= 0.6 is 0 Å². The molecule has 0 heterocycles. The van der Waals surface area contributed by atoms with Crippen LogP contribution in [0.15, 0.2) is 11.6 Å². The van der Waals surface area contributed by atoms with E-state index >= 15 is 0 Å². The van der Waals surface area contributed by atoms with Gasteiger partial charge in [-0.2, -0.15) is 0 Å². The number of fused-ring (bicyclic) bond motifs is 5. The Balaban J connectivity index is 1.77. The molecule has 3 saturated carbocycles. The van der Waals surface area contributed by atoms with Crippen LogP contribution in [0.3, 0.4) is 0 Å². The summed E-state index contributed by atoms with van der Waals surface area (Å²) in [4.78, 5) is 0. The monoisotopic (exact) mass is 346 g/mol. The van der Waals surface area contributed by atoms with Crippen LogP contribution in [0, 0.1) is 40.9 Å². The molecule has 4 N–H and O–H groups in total. The lowest BCUT2D eigenvalue weighted by Gasteiger charge is -2.60. The van der Waals surface area contributed by atoms with E-state index in [2.05, 4.69) is 18.9 Å². The zero-order valence-corrected chi connectivity index (χ0v) is 15.2. The lowest BCUT2D eigenvalue weighted by atomic mass is 9.46. The fourth-order valence-electron chi connectivity index (χ4n) is 7.05. The zero-order chi connectivity index (χ0) is 18.2. The largest absolute Gasteiger partial charge is 0.393 e. The fourth-order valence-corrected chi connectivity index (χ4v) is 7.05. The Bertz CT molecular complexity index is 651. The molecule has 0 bridgehead atoms. The first kappa shape index (κ1) is 17.5. The first-order chi connectivity index (χ1) is 11.7. The van der Waals surface area contributed by atoms with Gasteiger partial charge in [-0.05, 0) is 61.7 Å². The number of hydrogen-bond acceptors (Lipinski definition) is 4.